The molecule has 1 aliphatic heterocycles. The zero-order chi connectivity index (χ0) is 10.1. The molecule has 0 bridgehead atoms. The van der Waals surface area contributed by atoms with Gasteiger partial charge in [-0.3, -0.25) is 5.32 Å². The van der Waals surface area contributed by atoms with Crippen LogP contribution in [0.2, 0.25) is 5.02 Å². The zero-order valence-corrected chi connectivity index (χ0v) is 10.9. The molecule has 0 aliphatic carbocycles. The number of hydrogen-bond donors (Lipinski definition) is 1. The standard InChI is InChI=1S/C10H11BrClNS/c1-6-5-14-10(13-6)8-4-7(11)2-3-9(8)12/h2-4,6,10,13H,5H2,1H3. The lowest BCUT2D eigenvalue weighted by Crippen LogP contribution is -2.22. The maximum absolute atomic E-state index is 6.15. The van der Waals surface area contributed by atoms with Gasteiger partial charge in [-0.2, -0.15) is 0 Å². The van der Waals surface area contributed by atoms with Crippen LogP contribution in [0.3, 0.4) is 0 Å². The summed E-state index contributed by atoms with van der Waals surface area (Å²) in [4.78, 5) is 0. The number of benzene rings is 1. The Morgan fingerprint density at radius 1 is 1.57 bits per heavy atom. The van der Waals surface area contributed by atoms with Gasteiger partial charge in [-0.05, 0) is 30.7 Å². The molecule has 1 aliphatic rings. The molecule has 14 heavy (non-hydrogen) atoms. The van der Waals surface area contributed by atoms with Gasteiger partial charge in [-0.15, -0.1) is 11.8 Å². The van der Waals surface area contributed by atoms with Gasteiger partial charge >= 0.3 is 0 Å². The monoisotopic (exact) mass is 291 g/mol. The van der Waals surface area contributed by atoms with Crippen molar-refractivity contribution in [1.82, 2.24) is 5.32 Å². The van der Waals surface area contributed by atoms with Crippen molar-refractivity contribution in [3.63, 3.8) is 0 Å². The van der Waals surface area contributed by atoms with Crippen molar-refractivity contribution in [2.45, 2.75) is 18.3 Å². The summed E-state index contributed by atoms with van der Waals surface area (Å²) in [5.74, 6) is 1.15. The highest BCUT2D eigenvalue weighted by Gasteiger charge is 2.24. The van der Waals surface area contributed by atoms with E-state index in [0.29, 0.717) is 11.4 Å². The van der Waals surface area contributed by atoms with E-state index in [1.807, 2.05) is 23.9 Å². The number of thioether (sulfide) groups is 1. The molecule has 0 spiro atoms. The summed E-state index contributed by atoms with van der Waals surface area (Å²) in [5.41, 5.74) is 1.18. The molecule has 1 aromatic carbocycles. The number of hydrogen-bond acceptors (Lipinski definition) is 2. The van der Waals surface area contributed by atoms with E-state index in [2.05, 4.69) is 34.2 Å². The number of rotatable bonds is 1. The molecular weight excluding hydrogens is 282 g/mol. The average Bonchev–Trinajstić information content (AvgIpc) is 2.56. The van der Waals surface area contributed by atoms with Crippen LogP contribution in [0.4, 0.5) is 0 Å². The molecule has 0 aromatic heterocycles. The van der Waals surface area contributed by atoms with Gasteiger partial charge in [0, 0.05) is 21.3 Å². The summed E-state index contributed by atoms with van der Waals surface area (Å²) in [5, 5.41) is 4.68. The Labute approximate surface area is 102 Å². The predicted molar refractivity (Wildman–Crippen MR) is 66.9 cm³/mol. The van der Waals surface area contributed by atoms with Crippen molar-refractivity contribution in [2.75, 3.05) is 5.75 Å². The normalized spacial score (nSPS) is 26.8. The predicted octanol–water partition coefficient (Wildman–Crippen LogP) is 3.83. The van der Waals surface area contributed by atoms with Gasteiger partial charge in [0.05, 0.1) is 5.37 Å². The third kappa shape index (κ3) is 2.27. The number of halogens is 2. The van der Waals surface area contributed by atoms with Crippen molar-refractivity contribution in [3.05, 3.63) is 33.3 Å². The first-order valence-electron chi connectivity index (χ1n) is 4.49. The molecule has 2 unspecified atom stereocenters. The van der Waals surface area contributed by atoms with Crippen molar-refractivity contribution in [2.24, 2.45) is 0 Å². The average molecular weight is 293 g/mol. The summed E-state index contributed by atoms with van der Waals surface area (Å²) in [6.45, 7) is 2.19. The third-order valence-electron chi connectivity index (χ3n) is 2.19. The van der Waals surface area contributed by atoms with E-state index in [9.17, 15) is 0 Å². The summed E-state index contributed by atoms with van der Waals surface area (Å²) < 4.78 is 1.08. The van der Waals surface area contributed by atoms with Crippen LogP contribution >= 0.6 is 39.3 Å². The minimum absolute atomic E-state index is 0.343. The van der Waals surface area contributed by atoms with Crippen molar-refractivity contribution in [1.29, 1.82) is 0 Å². The molecule has 2 atom stereocenters. The summed E-state index contributed by atoms with van der Waals surface area (Å²) >= 11 is 11.5. The molecular formula is C10H11BrClNS. The Morgan fingerprint density at radius 2 is 2.36 bits per heavy atom. The maximum Gasteiger partial charge on any atom is 0.0807 e. The van der Waals surface area contributed by atoms with Gasteiger partial charge in [0.15, 0.2) is 0 Å². The molecule has 1 saturated heterocycles. The summed E-state index contributed by atoms with van der Waals surface area (Å²) in [6.07, 6.45) is 0. The van der Waals surface area contributed by atoms with Gasteiger partial charge in [0.25, 0.3) is 0 Å². The molecule has 76 valence electrons. The molecule has 1 nitrogen and oxygen atoms in total. The van der Waals surface area contributed by atoms with E-state index in [1.54, 1.807) is 0 Å². The summed E-state index contributed by atoms with van der Waals surface area (Å²) in [6, 6.07) is 6.56. The largest absolute Gasteiger partial charge is 0.298 e. The van der Waals surface area contributed by atoms with Crippen molar-refractivity contribution in [3.8, 4) is 0 Å². The highest BCUT2D eigenvalue weighted by molar-refractivity contribution is 9.10. The van der Waals surface area contributed by atoms with Gasteiger partial charge in [-0.25, -0.2) is 0 Å². The summed E-state index contributed by atoms with van der Waals surface area (Å²) in [7, 11) is 0. The fourth-order valence-corrected chi connectivity index (χ4v) is 3.44. The van der Waals surface area contributed by atoms with Crippen LogP contribution in [0, 0.1) is 0 Å². The van der Waals surface area contributed by atoms with Crippen LogP contribution < -0.4 is 5.32 Å². The van der Waals surface area contributed by atoms with Gasteiger partial charge in [0.2, 0.25) is 0 Å². The van der Waals surface area contributed by atoms with E-state index in [-0.39, 0.29) is 0 Å². The molecule has 2 rings (SSSR count). The van der Waals surface area contributed by atoms with E-state index >= 15 is 0 Å². The molecule has 1 fully saturated rings. The van der Waals surface area contributed by atoms with Crippen LogP contribution in [0.1, 0.15) is 17.9 Å². The van der Waals surface area contributed by atoms with Crippen LogP contribution in [0.5, 0.6) is 0 Å². The van der Waals surface area contributed by atoms with E-state index in [4.69, 9.17) is 11.6 Å². The van der Waals surface area contributed by atoms with Gasteiger partial charge < -0.3 is 0 Å². The highest BCUT2D eigenvalue weighted by atomic mass is 79.9. The van der Waals surface area contributed by atoms with Crippen LogP contribution in [0.15, 0.2) is 22.7 Å². The maximum atomic E-state index is 6.15. The Kier molecular flexibility index (Phi) is 3.42. The molecule has 0 amide bonds. The SMILES string of the molecule is CC1CSC(c2cc(Br)ccc2Cl)N1. The minimum atomic E-state index is 0.343. The van der Waals surface area contributed by atoms with Crippen LogP contribution in [0.25, 0.3) is 0 Å². The fraction of sp³-hybridized carbons (Fsp3) is 0.400. The van der Waals surface area contributed by atoms with E-state index in [0.717, 1.165) is 15.2 Å². The fourth-order valence-electron chi connectivity index (χ4n) is 1.49. The van der Waals surface area contributed by atoms with Crippen LogP contribution in [-0.4, -0.2) is 11.8 Å². The lowest BCUT2D eigenvalue weighted by Gasteiger charge is -2.13. The van der Waals surface area contributed by atoms with Crippen molar-refractivity contribution < 1.29 is 0 Å². The van der Waals surface area contributed by atoms with E-state index in [1.165, 1.54) is 5.56 Å². The second-order valence-corrected chi connectivity index (χ2v) is 5.91. The molecule has 0 radical (unpaired) electrons. The van der Waals surface area contributed by atoms with Gasteiger partial charge in [0.1, 0.15) is 0 Å². The quantitative estimate of drug-likeness (QED) is 0.844. The highest BCUT2D eigenvalue weighted by Crippen LogP contribution is 2.37. The lowest BCUT2D eigenvalue weighted by molar-refractivity contribution is 0.618. The number of nitrogens with one attached hydrogen (secondary N) is 1. The second-order valence-electron chi connectivity index (χ2n) is 3.45. The first kappa shape index (κ1) is 10.8. The Hall–Kier alpha value is 0.300. The van der Waals surface area contributed by atoms with E-state index < -0.39 is 0 Å². The second kappa shape index (κ2) is 4.44. The minimum Gasteiger partial charge on any atom is -0.298 e. The Bertz CT molecular complexity index is 345. The zero-order valence-electron chi connectivity index (χ0n) is 7.76. The molecule has 1 aromatic rings. The first-order chi connectivity index (χ1) is 6.66. The van der Waals surface area contributed by atoms with Gasteiger partial charge in [-0.1, -0.05) is 27.5 Å². The lowest BCUT2D eigenvalue weighted by atomic mass is 10.2. The Balaban J connectivity index is 2.27. The Morgan fingerprint density at radius 3 is 3.00 bits per heavy atom. The van der Waals surface area contributed by atoms with Crippen LogP contribution in [-0.2, 0) is 0 Å². The topological polar surface area (TPSA) is 12.0 Å². The smallest absolute Gasteiger partial charge is 0.0807 e. The molecule has 1 N–H and O–H groups in total. The molecule has 0 saturated carbocycles. The third-order valence-corrected chi connectivity index (χ3v) is 4.44. The van der Waals surface area contributed by atoms with Crippen molar-refractivity contribution >= 4 is 39.3 Å². The molecule has 4 heteroatoms. The molecule has 1 heterocycles. The first-order valence-corrected chi connectivity index (χ1v) is 6.71.